The minimum atomic E-state index is -0.839. The largest absolute Gasteiger partial charge is 0.491 e. The molecule has 0 saturated heterocycles. The summed E-state index contributed by atoms with van der Waals surface area (Å²) in [5.41, 5.74) is 6.89. The number of ether oxygens (including phenoxy) is 1. The monoisotopic (exact) mass is 326 g/mol. The van der Waals surface area contributed by atoms with Crippen molar-refractivity contribution in [2.24, 2.45) is 5.73 Å². The molecule has 1 unspecified atom stereocenters. The van der Waals surface area contributed by atoms with E-state index in [1.807, 2.05) is 44.2 Å². The first-order chi connectivity index (χ1) is 11.5. The Kier molecular flexibility index (Phi) is 5.95. The average molecular weight is 326 g/mol. The number of carbonyl (C=O) groups excluding carboxylic acids is 2. The average Bonchev–Trinajstić information content (AvgIpc) is 2.53. The van der Waals surface area contributed by atoms with Crippen molar-refractivity contribution in [3.8, 4) is 5.75 Å². The van der Waals surface area contributed by atoms with Crippen molar-refractivity contribution < 1.29 is 14.3 Å². The van der Waals surface area contributed by atoms with E-state index in [-0.39, 0.29) is 18.4 Å². The number of hydrogen-bond acceptors (Lipinski definition) is 3. The number of hydrogen-bond donors (Lipinski definition) is 2. The smallest absolute Gasteiger partial charge is 0.244 e. The molecule has 5 heteroatoms. The maximum atomic E-state index is 12.3. The van der Waals surface area contributed by atoms with Crippen molar-refractivity contribution in [2.45, 2.75) is 32.4 Å². The van der Waals surface area contributed by atoms with Gasteiger partial charge in [-0.25, -0.2) is 0 Å². The Hall–Kier alpha value is -2.82. The van der Waals surface area contributed by atoms with Crippen LogP contribution in [-0.2, 0) is 16.0 Å². The van der Waals surface area contributed by atoms with Gasteiger partial charge in [0.05, 0.1) is 12.5 Å². The van der Waals surface area contributed by atoms with Crippen LogP contribution in [0.2, 0.25) is 0 Å². The van der Waals surface area contributed by atoms with Gasteiger partial charge in [-0.3, -0.25) is 9.59 Å². The van der Waals surface area contributed by atoms with Crippen LogP contribution in [0.25, 0.3) is 0 Å². The molecular weight excluding hydrogens is 304 g/mol. The fraction of sp³-hybridized carbons (Fsp3) is 0.263. The number of nitrogens with two attached hydrogens (primary N) is 1. The minimum absolute atomic E-state index is 0.0615. The Bertz CT molecular complexity index is 699. The maximum Gasteiger partial charge on any atom is 0.244 e. The molecule has 0 radical (unpaired) electrons. The van der Waals surface area contributed by atoms with Crippen LogP contribution in [0, 0.1) is 0 Å². The molecular formula is C19H22N2O3. The maximum absolute atomic E-state index is 12.3. The highest BCUT2D eigenvalue weighted by atomic mass is 16.5. The summed E-state index contributed by atoms with van der Waals surface area (Å²) in [5.74, 6) is -0.152. The predicted octanol–water partition coefficient (Wildman–Crippen LogP) is 2.36. The van der Waals surface area contributed by atoms with E-state index in [1.54, 1.807) is 24.3 Å². The molecule has 0 aromatic heterocycles. The van der Waals surface area contributed by atoms with Gasteiger partial charge in [0.2, 0.25) is 11.8 Å². The topological polar surface area (TPSA) is 81.4 Å². The minimum Gasteiger partial charge on any atom is -0.491 e. The van der Waals surface area contributed by atoms with Crippen molar-refractivity contribution in [1.29, 1.82) is 0 Å². The van der Waals surface area contributed by atoms with Gasteiger partial charge in [0.25, 0.3) is 0 Å². The summed E-state index contributed by atoms with van der Waals surface area (Å²) in [6.07, 6.45) is 0.206. The van der Waals surface area contributed by atoms with Gasteiger partial charge in [0.1, 0.15) is 11.8 Å². The summed E-state index contributed by atoms with van der Waals surface area (Å²) in [4.78, 5) is 23.9. The Morgan fingerprint density at radius 3 is 2.42 bits per heavy atom. The normalized spacial score (nSPS) is 11.8. The lowest BCUT2D eigenvalue weighted by molar-refractivity contribution is -0.127. The molecule has 0 saturated carbocycles. The van der Waals surface area contributed by atoms with Gasteiger partial charge in [-0.2, -0.15) is 0 Å². The second-order valence-corrected chi connectivity index (χ2v) is 5.80. The quantitative estimate of drug-likeness (QED) is 0.819. The van der Waals surface area contributed by atoms with E-state index in [0.717, 1.165) is 5.56 Å². The van der Waals surface area contributed by atoms with Crippen LogP contribution < -0.4 is 15.8 Å². The van der Waals surface area contributed by atoms with Gasteiger partial charge in [0, 0.05) is 0 Å². The summed E-state index contributed by atoms with van der Waals surface area (Å²) in [6, 6.07) is 15.4. The van der Waals surface area contributed by atoms with Crippen molar-refractivity contribution >= 4 is 11.8 Å². The molecule has 2 amide bonds. The molecule has 0 bridgehead atoms. The molecule has 0 aliphatic carbocycles. The Morgan fingerprint density at radius 2 is 1.79 bits per heavy atom. The molecule has 0 aliphatic heterocycles. The summed E-state index contributed by atoms with van der Waals surface area (Å²) >= 11 is 0. The number of benzene rings is 2. The zero-order valence-electron chi connectivity index (χ0n) is 13.9. The van der Waals surface area contributed by atoms with Crippen molar-refractivity contribution in [1.82, 2.24) is 5.32 Å². The molecule has 0 spiro atoms. The van der Waals surface area contributed by atoms with E-state index in [9.17, 15) is 9.59 Å². The lowest BCUT2D eigenvalue weighted by atomic mass is 10.1. The van der Waals surface area contributed by atoms with E-state index >= 15 is 0 Å². The third-order valence-electron chi connectivity index (χ3n) is 3.36. The summed E-state index contributed by atoms with van der Waals surface area (Å²) < 4.78 is 5.62. The third-order valence-corrected chi connectivity index (χ3v) is 3.36. The molecule has 126 valence electrons. The first-order valence-electron chi connectivity index (χ1n) is 7.85. The highest BCUT2D eigenvalue weighted by Gasteiger charge is 2.20. The molecule has 2 aromatic carbocycles. The lowest BCUT2D eigenvalue weighted by Crippen LogP contribution is -2.38. The van der Waals surface area contributed by atoms with E-state index < -0.39 is 11.9 Å². The van der Waals surface area contributed by atoms with Crippen LogP contribution >= 0.6 is 0 Å². The summed E-state index contributed by atoms with van der Waals surface area (Å²) in [5, 5.41) is 2.69. The first-order valence-corrected chi connectivity index (χ1v) is 7.85. The van der Waals surface area contributed by atoms with Crippen LogP contribution in [-0.4, -0.2) is 17.9 Å². The van der Waals surface area contributed by atoms with E-state index in [1.165, 1.54) is 0 Å². The van der Waals surface area contributed by atoms with Crippen LogP contribution in [0.3, 0.4) is 0 Å². The van der Waals surface area contributed by atoms with Crippen molar-refractivity contribution in [2.75, 3.05) is 0 Å². The Morgan fingerprint density at radius 1 is 1.08 bits per heavy atom. The Balaban J connectivity index is 2.05. The SMILES string of the molecule is CC(C)Oc1cccc(CC(=O)NC(C(N)=O)c2ccccc2)c1. The van der Waals surface area contributed by atoms with Crippen molar-refractivity contribution in [3.63, 3.8) is 0 Å². The second kappa shape index (κ2) is 8.15. The second-order valence-electron chi connectivity index (χ2n) is 5.80. The number of amides is 2. The zero-order chi connectivity index (χ0) is 17.5. The molecule has 24 heavy (non-hydrogen) atoms. The predicted molar refractivity (Wildman–Crippen MR) is 92.4 cm³/mol. The first kappa shape index (κ1) is 17.5. The number of rotatable bonds is 7. The molecule has 0 aliphatic rings. The Labute approximate surface area is 141 Å². The molecule has 0 fully saturated rings. The molecule has 0 heterocycles. The molecule has 1 atom stereocenters. The fourth-order valence-corrected chi connectivity index (χ4v) is 2.36. The van der Waals surface area contributed by atoms with Gasteiger partial charge in [0.15, 0.2) is 0 Å². The third kappa shape index (κ3) is 5.12. The van der Waals surface area contributed by atoms with Crippen LogP contribution in [0.15, 0.2) is 54.6 Å². The lowest BCUT2D eigenvalue weighted by Gasteiger charge is -2.16. The van der Waals surface area contributed by atoms with Gasteiger partial charge in [-0.05, 0) is 37.1 Å². The molecule has 2 aromatic rings. The zero-order valence-corrected chi connectivity index (χ0v) is 13.9. The van der Waals surface area contributed by atoms with Crippen LogP contribution in [0.1, 0.15) is 31.0 Å². The van der Waals surface area contributed by atoms with E-state index in [0.29, 0.717) is 11.3 Å². The van der Waals surface area contributed by atoms with Crippen LogP contribution in [0.4, 0.5) is 0 Å². The molecule has 2 rings (SSSR count). The standard InChI is InChI=1S/C19H22N2O3/c1-13(2)24-16-10-6-7-14(11-16)12-17(22)21-18(19(20)23)15-8-4-3-5-9-15/h3-11,13,18H,12H2,1-2H3,(H2,20,23)(H,21,22). The molecule has 3 N–H and O–H groups in total. The number of carbonyl (C=O) groups is 2. The van der Waals surface area contributed by atoms with Gasteiger partial charge in [-0.15, -0.1) is 0 Å². The van der Waals surface area contributed by atoms with Crippen molar-refractivity contribution in [3.05, 3.63) is 65.7 Å². The highest BCUT2D eigenvalue weighted by Crippen LogP contribution is 2.16. The van der Waals surface area contributed by atoms with E-state index in [4.69, 9.17) is 10.5 Å². The molecule has 5 nitrogen and oxygen atoms in total. The van der Waals surface area contributed by atoms with Gasteiger partial charge in [-0.1, -0.05) is 42.5 Å². The van der Waals surface area contributed by atoms with Crippen LogP contribution in [0.5, 0.6) is 5.75 Å². The van der Waals surface area contributed by atoms with Gasteiger partial charge < -0.3 is 15.8 Å². The summed E-state index contributed by atoms with van der Waals surface area (Å²) in [6.45, 7) is 3.88. The number of nitrogens with one attached hydrogen (secondary N) is 1. The highest BCUT2D eigenvalue weighted by molar-refractivity contribution is 5.88. The summed E-state index contributed by atoms with van der Waals surface area (Å²) in [7, 11) is 0. The fourth-order valence-electron chi connectivity index (χ4n) is 2.36. The van der Waals surface area contributed by atoms with E-state index in [2.05, 4.69) is 5.32 Å². The number of primary amides is 1. The van der Waals surface area contributed by atoms with Gasteiger partial charge >= 0.3 is 0 Å².